The summed E-state index contributed by atoms with van der Waals surface area (Å²) in [7, 11) is 0. The summed E-state index contributed by atoms with van der Waals surface area (Å²) < 4.78 is 2.00. The number of amides is 1. The SMILES string of the molecule is NC(=O)Cc1c(C2CCCCC2)nn(-c2ccccc2)c1-c1ccccc1. The normalized spacial score (nSPS) is 15.0. The molecule has 4 heteroatoms. The Labute approximate surface area is 160 Å². The van der Waals surface area contributed by atoms with Crippen molar-refractivity contribution in [2.24, 2.45) is 5.73 Å². The maximum Gasteiger partial charge on any atom is 0.221 e. The largest absolute Gasteiger partial charge is 0.369 e. The third kappa shape index (κ3) is 3.65. The summed E-state index contributed by atoms with van der Waals surface area (Å²) in [6, 6.07) is 20.3. The van der Waals surface area contributed by atoms with Crippen molar-refractivity contribution >= 4 is 5.91 Å². The molecular weight excluding hydrogens is 334 g/mol. The molecule has 0 spiro atoms. The molecule has 2 N–H and O–H groups in total. The highest BCUT2D eigenvalue weighted by atomic mass is 16.1. The summed E-state index contributed by atoms with van der Waals surface area (Å²) >= 11 is 0. The fourth-order valence-corrected chi connectivity index (χ4v) is 4.17. The van der Waals surface area contributed by atoms with Gasteiger partial charge in [0, 0.05) is 17.0 Å². The Morgan fingerprint density at radius 1 is 0.963 bits per heavy atom. The van der Waals surface area contributed by atoms with Crippen LogP contribution in [0.5, 0.6) is 0 Å². The average Bonchev–Trinajstić information content (AvgIpc) is 3.08. The van der Waals surface area contributed by atoms with E-state index >= 15 is 0 Å². The highest BCUT2D eigenvalue weighted by Crippen LogP contribution is 2.38. The fraction of sp³-hybridized carbons (Fsp3) is 0.304. The maximum atomic E-state index is 11.9. The van der Waals surface area contributed by atoms with Gasteiger partial charge in [-0.2, -0.15) is 5.10 Å². The van der Waals surface area contributed by atoms with Crippen molar-refractivity contribution < 1.29 is 4.79 Å². The van der Waals surface area contributed by atoms with E-state index in [-0.39, 0.29) is 12.3 Å². The quantitative estimate of drug-likeness (QED) is 0.723. The molecular formula is C23H25N3O. The first kappa shape index (κ1) is 17.5. The monoisotopic (exact) mass is 359 g/mol. The lowest BCUT2D eigenvalue weighted by atomic mass is 9.84. The predicted octanol–water partition coefficient (Wildman–Crippen LogP) is 4.61. The predicted molar refractivity (Wildman–Crippen MR) is 108 cm³/mol. The molecule has 1 aromatic heterocycles. The molecule has 138 valence electrons. The van der Waals surface area contributed by atoms with Gasteiger partial charge < -0.3 is 5.73 Å². The first-order valence-corrected chi connectivity index (χ1v) is 9.75. The number of aromatic nitrogens is 2. The van der Waals surface area contributed by atoms with E-state index in [4.69, 9.17) is 10.8 Å². The molecule has 0 radical (unpaired) electrons. The van der Waals surface area contributed by atoms with Crippen LogP contribution in [0.4, 0.5) is 0 Å². The van der Waals surface area contributed by atoms with Crippen LogP contribution in [-0.2, 0) is 11.2 Å². The topological polar surface area (TPSA) is 60.9 Å². The number of nitrogens with zero attached hydrogens (tertiary/aromatic N) is 2. The van der Waals surface area contributed by atoms with Gasteiger partial charge in [-0.15, -0.1) is 0 Å². The molecule has 3 aromatic rings. The minimum Gasteiger partial charge on any atom is -0.369 e. The van der Waals surface area contributed by atoms with Gasteiger partial charge in [-0.3, -0.25) is 4.79 Å². The van der Waals surface area contributed by atoms with Gasteiger partial charge in [0.05, 0.1) is 23.5 Å². The molecule has 1 fully saturated rings. The van der Waals surface area contributed by atoms with Gasteiger partial charge in [0.15, 0.2) is 0 Å². The van der Waals surface area contributed by atoms with E-state index < -0.39 is 0 Å². The Morgan fingerprint density at radius 3 is 2.22 bits per heavy atom. The Hall–Kier alpha value is -2.88. The van der Waals surface area contributed by atoms with Crippen molar-refractivity contribution in [1.29, 1.82) is 0 Å². The van der Waals surface area contributed by atoms with Gasteiger partial charge in [-0.1, -0.05) is 67.8 Å². The van der Waals surface area contributed by atoms with Crippen molar-refractivity contribution in [2.75, 3.05) is 0 Å². The zero-order chi connectivity index (χ0) is 18.6. The van der Waals surface area contributed by atoms with Crippen LogP contribution in [0.1, 0.15) is 49.3 Å². The molecule has 1 saturated carbocycles. The van der Waals surface area contributed by atoms with Gasteiger partial charge in [0.25, 0.3) is 0 Å². The second kappa shape index (κ2) is 7.78. The minimum absolute atomic E-state index is 0.225. The molecule has 0 unspecified atom stereocenters. The zero-order valence-electron chi connectivity index (χ0n) is 15.5. The van der Waals surface area contributed by atoms with Crippen molar-refractivity contribution in [3.63, 3.8) is 0 Å². The lowest BCUT2D eigenvalue weighted by Gasteiger charge is -2.20. The number of para-hydroxylation sites is 1. The molecule has 4 rings (SSSR count). The lowest BCUT2D eigenvalue weighted by Crippen LogP contribution is -2.16. The molecule has 0 atom stereocenters. The maximum absolute atomic E-state index is 11.9. The molecule has 1 amide bonds. The summed E-state index contributed by atoms with van der Waals surface area (Å²) in [5.41, 5.74) is 10.7. The van der Waals surface area contributed by atoms with Crippen LogP contribution in [-0.4, -0.2) is 15.7 Å². The highest BCUT2D eigenvalue weighted by molar-refractivity contribution is 5.81. The van der Waals surface area contributed by atoms with Gasteiger partial charge in [0.2, 0.25) is 5.91 Å². The molecule has 2 aromatic carbocycles. The standard InChI is InChI=1S/C23H25N3O/c24-21(27)16-20-22(17-10-4-1-5-11-17)25-26(19-14-8-3-9-15-19)23(20)18-12-6-2-7-13-18/h2-3,6-9,12-15,17H,1,4-5,10-11,16H2,(H2,24,27). The lowest BCUT2D eigenvalue weighted by molar-refractivity contribution is -0.117. The number of rotatable bonds is 5. The number of hydrogen-bond acceptors (Lipinski definition) is 2. The zero-order valence-corrected chi connectivity index (χ0v) is 15.5. The summed E-state index contributed by atoms with van der Waals surface area (Å²) in [4.78, 5) is 11.9. The van der Waals surface area contributed by atoms with E-state index in [1.54, 1.807) is 0 Å². The van der Waals surface area contributed by atoms with Crippen molar-refractivity contribution in [2.45, 2.75) is 44.4 Å². The van der Waals surface area contributed by atoms with Gasteiger partial charge >= 0.3 is 0 Å². The fourth-order valence-electron chi connectivity index (χ4n) is 4.17. The van der Waals surface area contributed by atoms with E-state index in [2.05, 4.69) is 24.3 Å². The van der Waals surface area contributed by atoms with E-state index in [0.717, 1.165) is 41.0 Å². The van der Waals surface area contributed by atoms with Crippen LogP contribution >= 0.6 is 0 Å². The number of carbonyl (C=O) groups excluding carboxylic acids is 1. The minimum atomic E-state index is -0.308. The Bertz CT molecular complexity index is 910. The average molecular weight is 359 g/mol. The van der Waals surface area contributed by atoms with Crippen molar-refractivity contribution in [3.05, 3.63) is 71.9 Å². The molecule has 1 heterocycles. The molecule has 0 aliphatic heterocycles. The first-order chi connectivity index (χ1) is 13.2. The van der Waals surface area contributed by atoms with E-state index in [9.17, 15) is 4.79 Å². The number of carbonyl (C=O) groups is 1. The third-order valence-electron chi connectivity index (χ3n) is 5.41. The van der Waals surface area contributed by atoms with Gasteiger partial charge in [0.1, 0.15) is 0 Å². The highest BCUT2D eigenvalue weighted by Gasteiger charge is 2.27. The van der Waals surface area contributed by atoms with E-state index in [1.807, 2.05) is 41.1 Å². The number of primary amides is 1. The molecule has 4 nitrogen and oxygen atoms in total. The van der Waals surface area contributed by atoms with Crippen LogP contribution < -0.4 is 5.73 Å². The van der Waals surface area contributed by atoms with Crippen LogP contribution in [0.15, 0.2) is 60.7 Å². The molecule has 0 saturated heterocycles. The third-order valence-corrected chi connectivity index (χ3v) is 5.41. The second-order valence-electron chi connectivity index (χ2n) is 7.30. The molecule has 27 heavy (non-hydrogen) atoms. The van der Waals surface area contributed by atoms with Crippen LogP contribution in [0.25, 0.3) is 16.9 Å². The van der Waals surface area contributed by atoms with E-state index in [1.165, 1.54) is 19.3 Å². The van der Waals surface area contributed by atoms with Gasteiger partial charge in [-0.05, 0) is 25.0 Å². The second-order valence-corrected chi connectivity index (χ2v) is 7.30. The molecule has 0 bridgehead atoms. The van der Waals surface area contributed by atoms with Crippen LogP contribution in [0, 0.1) is 0 Å². The summed E-state index contributed by atoms with van der Waals surface area (Å²) in [5.74, 6) is 0.0948. The van der Waals surface area contributed by atoms with Crippen molar-refractivity contribution in [3.8, 4) is 16.9 Å². The molecule has 1 aliphatic carbocycles. The van der Waals surface area contributed by atoms with E-state index in [0.29, 0.717) is 5.92 Å². The first-order valence-electron chi connectivity index (χ1n) is 9.75. The van der Waals surface area contributed by atoms with Crippen LogP contribution in [0.2, 0.25) is 0 Å². The number of hydrogen-bond donors (Lipinski definition) is 1. The Balaban J connectivity index is 1.94. The smallest absolute Gasteiger partial charge is 0.221 e. The summed E-state index contributed by atoms with van der Waals surface area (Å²) in [5, 5.41) is 5.04. The summed E-state index contributed by atoms with van der Waals surface area (Å²) in [6.07, 6.45) is 6.21. The van der Waals surface area contributed by atoms with Gasteiger partial charge in [-0.25, -0.2) is 4.68 Å². The van der Waals surface area contributed by atoms with Crippen molar-refractivity contribution in [1.82, 2.24) is 9.78 Å². The summed E-state index contributed by atoms with van der Waals surface area (Å²) in [6.45, 7) is 0. The molecule has 1 aliphatic rings. The Kier molecular flexibility index (Phi) is 5.05. The van der Waals surface area contributed by atoms with Crippen LogP contribution in [0.3, 0.4) is 0 Å². The number of benzene rings is 2. The number of nitrogens with two attached hydrogens (primary N) is 1. The Morgan fingerprint density at radius 2 is 1.59 bits per heavy atom.